The Morgan fingerprint density at radius 3 is 3.17 bits per heavy atom. The molecule has 18 heavy (non-hydrogen) atoms. The van der Waals surface area contributed by atoms with Gasteiger partial charge in [0.2, 0.25) is 0 Å². The van der Waals surface area contributed by atoms with Gasteiger partial charge in [-0.1, -0.05) is 0 Å². The van der Waals surface area contributed by atoms with Crippen LogP contribution in [0.2, 0.25) is 0 Å². The Morgan fingerprint density at radius 1 is 1.72 bits per heavy atom. The first kappa shape index (κ1) is 14.6. The number of ether oxygens (including phenoxy) is 1. The van der Waals surface area contributed by atoms with Crippen molar-refractivity contribution in [2.45, 2.75) is 6.04 Å². The number of hydrogen-bond acceptors (Lipinski definition) is 6. The molecule has 1 heterocycles. The first-order chi connectivity index (χ1) is 8.63. The Labute approximate surface area is 110 Å². The van der Waals surface area contributed by atoms with Crippen molar-refractivity contribution in [1.82, 2.24) is 4.98 Å². The van der Waals surface area contributed by atoms with E-state index in [1.807, 2.05) is 0 Å². The Morgan fingerprint density at radius 2 is 2.50 bits per heavy atom. The lowest BCUT2D eigenvalue weighted by Gasteiger charge is -2.08. The van der Waals surface area contributed by atoms with E-state index in [9.17, 15) is 4.79 Å². The Balaban J connectivity index is 2.19. The molecule has 0 radical (unpaired) electrons. The normalized spacial score (nSPS) is 11.9. The second-order valence-electron chi connectivity index (χ2n) is 3.53. The smallest absolute Gasteiger partial charge is 0.321 e. The van der Waals surface area contributed by atoms with Crippen molar-refractivity contribution in [3.05, 3.63) is 18.3 Å². The topological polar surface area (TPSA) is 97.5 Å². The molecule has 0 saturated heterocycles. The fraction of sp³-hybridized carbons (Fsp3) is 0.455. The van der Waals surface area contributed by atoms with Gasteiger partial charge >= 0.3 is 5.97 Å². The van der Waals surface area contributed by atoms with Crippen LogP contribution in [0.3, 0.4) is 0 Å². The molecule has 4 N–H and O–H groups in total. The molecule has 6 nitrogen and oxygen atoms in total. The van der Waals surface area contributed by atoms with E-state index >= 15 is 0 Å². The van der Waals surface area contributed by atoms with Crippen molar-refractivity contribution in [3.63, 3.8) is 0 Å². The highest BCUT2D eigenvalue weighted by molar-refractivity contribution is 7.99. The Kier molecular flexibility index (Phi) is 6.31. The molecule has 0 aromatic carbocycles. The molecule has 1 aromatic rings. The minimum atomic E-state index is -0.968. The minimum absolute atomic E-state index is 0.405. The maximum Gasteiger partial charge on any atom is 0.321 e. The summed E-state index contributed by atoms with van der Waals surface area (Å²) in [5.41, 5.74) is 5.38. The molecule has 1 rings (SSSR count). The van der Waals surface area contributed by atoms with Gasteiger partial charge in [-0.2, -0.15) is 11.8 Å². The van der Waals surface area contributed by atoms with Crippen molar-refractivity contribution < 1.29 is 14.6 Å². The van der Waals surface area contributed by atoms with Crippen molar-refractivity contribution in [2.75, 3.05) is 30.5 Å². The molecular formula is C11H17N3O3S. The molecule has 1 aromatic heterocycles. The molecule has 0 bridgehead atoms. The third-order valence-electron chi connectivity index (χ3n) is 2.13. The third-order valence-corrected chi connectivity index (χ3v) is 3.22. The predicted molar refractivity (Wildman–Crippen MR) is 72.2 cm³/mol. The van der Waals surface area contributed by atoms with Gasteiger partial charge in [0, 0.05) is 30.3 Å². The second-order valence-corrected chi connectivity index (χ2v) is 4.68. The summed E-state index contributed by atoms with van der Waals surface area (Å²) in [6, 6.07) is 2.77. The lowest BCUT2D eigenvalue weighted by atomic mass is 10.4. The number of pyridine rings is 1. The van der Waals surface area contributed by atoms with Gasteiger partial charge in [0.1, 0.15) is 17.6 Å². The van der Waals surface area contributed by atoms with E-state index in [1.165, 1.54) is 11.8 Å². The maximum absolute atomic E-state index is 10.5. The SMILES string of the molecule is COc1ccnc(NCCSC[C@H](N)C(=O)O)c1. The molecule has 7 heteroatoms. The fourth-order valence-electron chi connectivity index (χ4n) is 1.17. The largest absolute Gasteiger partial charge is 0.497 e. The lowest BCUT2D eigenvalue weighted by Crippen LogP contribution is -2.32. The molecule has 0 amide bonds. The zero-order valence-corrected chi connectivity index (χ0v) is 10.9. The Bertz CT molecular complexity index is 390. The summed E-state index contributed by atoms with van der Waals surface area (Å²) in [6.07, 6.45) is 1.66. The first-order valence-corrected chi connectivity index (χ1v) is 6.59. The van der Waals surface area contributed by atoms with Gasteiger partial charge in [-0.3, -0.25) is 4.79 Å². The number of methoxy groups -OCH3 is 1. The summed E-state index contributed by atoms with van der Waals surface area (Å²) in [5.74, 6) is 1.68. The molecule has 0 fully saturated rings. The van der Waals surface area contributed by atoms with E-state index in [-0.39, 0.29) is 0 Å². The molecule has 1 atom stereocenters. The molecule has 0 spiro atoms. The number of nitrogens with one attached hydrogen (secondary N) is 1. The van der Waals surface area contributed by atoms with Gasteiger partial charge in [-0.25, -0.2) is 4.98 Å². The average Bonchev–Trinajstić information content (AvgIpc) is 2.38. The number of rotatable bonds is 8. The number of hydrogen-bond donors (Lipinski definition) is 3. The molecule has 0 aliphatic rings. The molecule has 0 saturated carbocycles. The number of nitrogens with two attached hydrogens (primary N) is 1. The summed E-state index contributed by atoms with van der Waals surface area (Å²) in [5, 5.41) is 11.7. The van der Waals surface area contributed by atoms with Crippen molar-refractivity contribution >= 4 is 23.5 Å². The van der Waals surface area contributed by atoms with Crippen LogP contribution < -0.4 is 15.8 Å². The van der Waals surface area contributed by atoms with Crippen LogP contribution in [0.4, 0.5) is 5.82 Å². The van der Waals surface area contributed by atoms with E-state index in [2.05, 4.69) is 10.3 Å². The van der Waals surface area contributed by atoms with Crippen LogP contribution in [0.1, 0.15) is 0 Å². The highest BCUT2D eigenvalue weighted by Crippen LogP contribution is 2.13. The number of nitrogens with zero attached hydrogens (tertiary/aromatic N) is 1. The summed E-state index contributed by atoms with van der Waals surface area (Å²) >= 11 is 1.49. The van der Waals surface area contributed by atoms with Gasteiger partial charge in [0.15, 0.2) is 0 Å². The first-order valence-electron chi connectivity index (χ1n) is 5.43. The summed E-state index contributed by atoms with van der Waals surface area (Å²) in [7, 11) is 1.60. The van der Waals surface area contributed by atoms with Crippen LogP contribution in [0.15, 0.2) is 18.3 Å². The number of anilines is 1. The van der Waals surface area contributed by atoms with E-state index in [1.54, 1.807) is 25.4 Å². The van der Waals surface area contributed by atoms with E-state index < -0.39 is 12.0 Å². The van der Waals surface area contributed by atoms with Crippen molar-refractivity contribution in [3.8, 4) is 5.75 Å². The van der Waals surface area contributed by atoms with Gasteiger partial charge in [-0.15, -0.1) is 0 Å². The van der Waals surface area contributed by atoms with Crippen molar-refractivity contribution in [1.29, 1.82) is 0 Å². The lowest BCUT2D eigenvalue weighted by molar-refractivity contribution is -0.137. The molecule has 0 unspecified atom stereocenters. The van der Waals surface area contributed by atoms with Gasteiger partial charge in [0.05, 0.1) is 7.11 Å². The summed E-state index contributed by atoms with van der Waals surface area (Å²) in [4.78, 5) is 14.6. The van der Waals surface area contributed by atoms with Crippen LogP contribution in [-0.2, 0) is 4.79 Å². The monoisotopic (exact) mass is 271 g/mol. The van der Waals surface area contributed by atoms with Crippen LogP contribution in [0.25, 0.3) is 0 Å². The average molecular weight is 271 g/mol. The quantitative estimate of drug-likeness (QED) is 0.597. The van der Waals surface area contributed by atoms with Gasteiger partial charge < -0.3 is 20.9 Å². The Hall–Kier alpha value is -1.47. The van der Waals surface area contributed by atoms with Crippen LogP contribution in [-0.4, -0.2) is 47.3 Å². The standard InChI is InChI=1S/C11H17N3O3S/c1-17-8-2-3-13-10(6-8)14-4-5-18-7-9(12)11(15)16/h2-3,6,9H,4-5,7,12H2,1H3,(H,13,14)(H,15,16)/t9-/m0/s1. The minimum Gasteiger partial charge on any atom is -0.497 e. The highest BCUT2D eigenvalue weighted by Gasteiger charge is 2.10. The number of aromatic nitrogens is 1. The number of carboxylic acids is 1. The summed E-state index contributed by atoms with van der Waals surface area (Å²) < 4.78 is 5.07. The van der Waals surface area contributed by atoms with Crippen molar-refractivity contribution in [2.24, 2.45) is 5.73 Å². The van der Waals surface area contributed by atoms with Gasteiger partial charge in [0.25, 0.3) is 0 Å². The zero-order chi connectivity index (χ0) is 13.4. The number of aliphatic carboxylic acids is 1. The molecule has 0 aliphatic carbocycles. The zero-order valence-electron chi connectivity index (χ0n) is 10.1. The second kappa shape index (κ2) is 7.78. The third kappa shape index (κ3) is 5.24. The molecule has 100 valence electrons. The van der Waals surface area contributed by atoms with Gasteiger partial charge in [-0.05, 0) is 6.07 Å². The highest BCUT2D eigenvalue weighted by atomic mass is 32.2. The summed E-state index contributed by atoms with van der Waals surface area (Å²) in [6.45, 7) is 0.692. The predicted octanol–water partition coefficient (Wildman–Crippen LogP) is 0.647. The molecular weight excluding hydrogens is 254 g/mol. The number of thioether (sulfide) groups is 1. The van der Waals surface area contributed by atoms with Crippen LogP contribution >= 0.6 is 11.8 Å². The number of carbonyl (C=O) groups is 1. The number of carboxylic acid groups (broad SMARTS) is 1. The van der Waals surface area contributed by atoms with E-state index in [0.717, 1.165) is 17.3 Å². The maximum atomic E-state index is 10.5. The van der Waals surface area contributed by atoms with Crippen LogP contribution in [0.5, 0.6) is 5.75 Å². The fourth-order valence-corrected chi connectivity index (χ4v) is 1.98. The molecule has 0 aliphatic heterocycles. The van der Waals surface area contributed by atoms with E-state index in [4.69, 9.17) is 15.6 Å². The van der Waals surface area contributed by atoms with Crippen LogP contribution in [0, 0.1) is 0 Å². The van der Waals surface area contributed by atoms with E-state index in [0.29, 0.717) is 12.3 Å².